The zero-order valence-corrected chi connectivity index (χ0v) is 24.6. The molecule has 2 amide bonds. The van der Waals surface area contributed by atoms with Crippen LogP contribution in [0.3, 0.4) is 0 Å². The number of para-hydroxylation sites is 1. The molecule has 1 aliphatic heterocycles. The fourth-order valence-electron chi connectivity index (χ4n) is 5.09. The standard InChI is InChI=1S/C34H25ClFN3O3S/c1-20-10-15-26(32(35)37-20)33(41)38-24-13-11-21(12-14-24)34(42)39-17-16-23-19-30(29(40)18-22-6-2-4-8-27(22)36)43-31(23)25-7-3-5-9-28(25)39/h2-15,19H,16-18H2,1H3,(H,38,41). The second-order valence-corrected chi connectivity index (χ2v) is 11.6. The van der Waals surface area contributed by atoms with Crippen molar-refractivity contribution in [3.63, 3.8) is 0 Å². The van der Waals surface area contributed by atoms with Crippen molar-refractivity contribution >= 4 is 51.9 Å². The smallest absolute Gasteiger partial charge is 0.258 e. The summed E-state index contributed by atoms with van der Waals surface area (Å²) in [5.74, 6) is -1.10. The van der Waals surface area contributed by atoms with Crippen LogP contribution in [0.2, 0.25) is 5.15 Å². The number of amides is 2. The molecular formula is C34H25ClFN3O3S. The Morgan fingerprint density at radius 3 is 2.49 bits per heavy atom. The maximum atomic E-state index is 14.2. The van der Waals surface area contributed by atoms with Gasteiger partial charge in [0.05, 0.1) is 16.1 Å². The number of rotatable bonds is 6. The zero-order valence-electron chi connectivity index (χ0n) is 23.1. The molecule has 0 saturated heterocycles. The van der Waals surface area contributed by atoms with Gasteiger partial charge in [-0.3, -0.25) is 14.4 Å². The summed E-state index contributed by atoms with van der Waals surface area (Å²) >= 11 is 7.51. The second-order valence-electron chi connectivity index (χ2n) is 10.2. The van der Waals surface area contributed by atoms with E-state index in [9.17, 15) is 18.8 Å². The van der Waals surface area contributed by atoms with E-state index in [0.717, 1.165) is 21.7 Å². The van der Waals surface area contributed by atoms with Gasteiger partial charge in [-0.25, -0.2) is 9.37 Å². The fraction of sp³-hybridized carbons (Fsp3) is 0.118. The molecule has 0 saturated carbocycles. The Balaban J connectivity index is 1.21. The van der Waals surface area contributed by atoms with Crippen molar-refractivity contribution in [3.8, 4) is 10.4 Å². The highest BCUT2D eigenvalue weighted by Crippen LogP contribution is 2.42. The molecule has 43 heavy (non-hydrogen) atoms. The predicted octanol–water partition coefficient (Wildman–Crippen LogP) is 7.79. The van der Waals surface area contributed by atoms with Crippen molar-refractivity contribution in [1.29, 1.82) is 0 Å². The van der Waals surface area contributed by atoms with E-state index < -0.39 is 11.7 Å². The first-order valence-corrected chi connectivity index (χ1v) is 14.8. The Bertz CT molecular complexity index is 1890. The van der Waals surface area contributed by atoms with Crippen molar-refractivity contribution < 1.29 is 18.8 Å². The summed E-state index contributed by atoms with van der Waals surface area (Å²) in [4.78, 5) is 46.9. The minimum atomic E-state index is -0.393. The number of carbonyl (C=O) groups excluding carboxylic acids is 3. The number of anilines is 2. The van der Waals surface area contributed by atoms with Crippen molar-refractivity contribution in [2.75, 3.05) is 16.8 Å². The zero-order chi connectivity index (χ0) is 30.1. The number of Topliss-reactive ketones (excluding diaryl/α,β-unsaturated/α-hetero) is 1. The topological polar surface area (TPSA) is 79.4 Å². The molecule has 0 atom stereocenters. The van der Waals surface area contributed by atoms with Crippen LogP contribution in [-0.4, -0.2) is 29.1 Å². The highest BCUT2D eigenvalue weighted by molar-refractivity contribution is 7.17. The third-order valence-electron chi connectivity index (χ3n) is 7.30. The number of pyridine rings is 1. The number of aromatic nitrogens is 1. The van der Waals surface area contributed by atoms with Gasteiger partial charge in [-0.2, -0.15) is 0 Å². The normalized spacial score (nSPS) is 12.2. The summed E-state index contributed by atoms with van der Waals surface area (Å²) in [5.41, 5.74) is 4.92. The molecule has 6 rings (SSSR count). The Kier molecular flexibility index (Phi) is 7.88. The number of hydrogen-bond donors (Lipinski definition) is 1. The molecule has 0 bridgehead atoms. The number of ketones is 1. The number of fused-ring (bicyclic) bond motifs is 3. The Morgan fingerprint density at radius 1 is 0.977 bits per heavy atom. The highest BCUT2D eigenvalue weighted by atomic mass is 35.5. The van der Waals surface area contributed by atoms with Crippen LogP contribution in [0, 0.1) is 12.7 Å². The van der Waals surface area contributed by atoms with Gasteiger partial charge in [0.1, 0.15) is 11.0 Å². The van der Waals surface area contributed by atoms with Crippen molar-refractivity contribution in [3.05, 3.63) is 135 Å². The van der Waals surface area contributed by atoms with Gasteiger partial charge in [-0.1, -0.05) is 48.0 Å². The summed E-state index contributed by atoms with van der Waals surface area (Å²) in [6, 6.07) is 25.9. The number of aryl methyl sites for hydroxylation is 1. The van der Waals surface area contributed by atoms with Crippen LogP contribution in [0.25, 0.3) is 10.4 Å². The minimum absolute atomic E-state index is 0.0102. The van der Waals surface area contributed by atoms with Gasteiger partial charge >= 0.3 is 0 Å². The van der Waals surface area contributed by atoms with Crippen LogP contribution in [0.15, 0.2) is 91.0 Å². The molecule has 5 aromatic rings. The van der Waals surface area contributed by atoms with E-state index >= 15 is 0 Å². The van der Waals surface area contributed by atoms with Gasteiger partial charge in [0, 0.05) is 40.4 Å². The lowest BCUT2D eigenvalue weighted by molar-refractivity contribution is 0.0982. The summed E-state index contributed by atoms with van der Waals surface area (Å²) in [7, 11) is 0. The van der Waals surface area contributed by atoms with Crippen molar-refractivity contribution in [1.82, 2.24) is 4.98 Å². The van der Waals surface area contributed by atoms with Gasteiger partial charge in [0.15, 0.2) is 5.78 Å². The molecule has 2 aromatic heterocycles. The first kappa shape index (κ1) is 28.5. The Morgan fingerprint density at radius 2 is 1.72 bits per heavy atom. The van der Waals surface area contributed by atoms with E-state index in [1.165, 1.54) is 17.4 Å². The number of halogens is 2. The average molecular weight is 610 g/mol. The number of benzene rings is 3. The first-order valence-electron chi connectivity index (χ1n) is 13.6. The van der Waals surface area contributed by atoms with E-state index in [4.69, 9.17) is 11.6 Å². The molecular weight excluding hydrogens is 585 g/mol. The van der Waals surface area contributed by atoms with Crippen LogP contribution < -0.4 is 10.2 Å². The average Bonchev–Trinajstić information content (AvgIpc) is 3.36. The van der Waals surface area contributed by atoms with Crippen LogP contribution in [0.5, 0.6) is 0 Å². The highest BCUT2D eigenvalue weighted by Gasteiger charge is 2.27. The van der Waals surface area contributed by atoms with E-state index in [-0.39, 0.29) is 28.8 Å². The summed E-state index contributed by atoms with van der Waals surface area (Å²) < 4.78 is 14.2. The third kappa shape index (κ3) is 5.84. The summed E-state index contributed by atoms with van der Waals surface area (Å²) in [6.07, 6.45) is 0.544. The molecule has 1 aliphatic rings. The molecule has 3 heterocycles. The molecule has 0 unspecified atom stereocenters. The monoisotopic (exact) mass is 609 g/mol. The van der Waals surface area contributed by atoms with Gasteiger partial charge in [0.25, 0.3) is 11.8 Å². The quantitative estimate of drug-likeness (QED) is 0.157. The number of hydrogen-bond acceptors (Lipinski definition) is 5. The van der Waals surface area contributed by atoms with Crippen molar-refractivity contribution in [2.45, 2.75) is 19.8 Å². The lowest BCUT2D eigenvalue weighted by Gasteiger charge is -2.23. The SMILES string of the molecule is Cc1ccc(C(=O)Nc2ccc(C(=O)N3CCc4cc(C(=O)Cc5ccccc5F)sc4-c4ccccc43)cc2)c(Cl)n1. The van der Waals surface area contributed by atoms with Gasteiger partial charge in [0.2, 0.25) is 0 Å². The van der Waals surface area contributed by atoms with Crippen molar-refractivity contribution in [2.24, 2.45) is 0 Å². The molecule has 0 spiro atoms. The largest absolute Gasteiger partial charge is 0.322 e. The fourth-order valence-corrected chi connectivity index (χ4v) is 6.56. The second kappa shape index (κ2) is 11.9. The third-order valence-corrected chi connectivity index (χ3v) is 8.84. The molecule has 214 valence electrons. The van der Waals surface area contributed by atoms with Gasteiger partial charge < -0.3 is 10.2 Å². The number of thiophene rings is 1. The minimum Gasteiger partial charge on any atom is -0.322 e. The molecule has 9 heteroatoms. The first-order chi connectivity index (χ1) is 20.8. The van der Waals surface area contributed by atoms with E-state index in [1.807, 2.05) is 30.3 Å². The van der Waals surface area contributed by atoms with Crippen LogP contribution in [-0.2, 0) is 12.8 Å². The van der Waals surface area contributed by atoms with Gasteiger partial charge in [-0.15, -0.1) is 11.3 Å². The molecule has 0 aliphatic carbocycles. The van der Waals surface area contributed by atoms with Crippen LogP contribution in [0.4, 0.5) is 15.8 Å². The number of carbonyl (C=O) groups is 3. The van der Waals surface area contributed by atoms with Crippen LogP contribution in [0.1, 0.15) is 47.2 Å². The lowest BCUT2D eigenvalue weighted by atomic mass is 10.0. The van der Waals surface area contributed by atoms with E-state index in [2.05, 4.69) is 10.3 Å². The predicted molar refractivity (Wildman–Crippen MR) is 168 cm³/mol. The number of nitrogens with one attached hydrogen (secondary N) is 1. The maximum Gasteiger partial charge on any atom is 0.258 e. The number of nitrogens with zero attached hydrogens (tertiary/aromatic N) is 2. The molecule has 1 N–H and O–H groups in total. The Labute approximate surface area is 256 Å². The maximum absolute atomic E-state index is 14.2. The summed E-state index contributed by atoms with van der Waals surface area (Å²) in [5, 5.41) is 2.92. The Hall–Kier alpha value is -4.66. The van der Waals surface area contributed by atoms with E-state index in [1.54, 1.807) is 66.4 Å². The summed E-state index contributed by atoms with van der Waals surface area (Å²) in [6.45, 7) is 2.21. The van der Waals surface area contributed by atoms with E-state index in [0.29, 0.717) is 40.4 Å². The molecule has 0 radical (unpaired) electrons. The van der Waals surface area contributed by atoms with Gasteiger partial charge in [-0.05, 0) is 79.1 Å². The molecule has 0 fully saturated rings. The molecule has 3 aromatic carbocycles. The molecule has 6 nitrogen and oxygen atoms in total. The lowest BCUT2D eigenvalue weighted by Crippen LogP contribution is -2.32. The van der Waals surface area contributed by atoms with Crippen LogP contribution >= 0.6 is 22.9 Å².